The third-order valence-electron chi connectivity index (χ3n) is 4.54. The summed E-state index contributed by atoms with van der Waals surface area (Å²) < 4.78 is 5.45. The molecule has 2 fully saturated rings. The maximum atomic E-state index is 6.16. The fourth-order valence-corrected chi connectivity index (χ4v) is 4.64. The lowest BCUT2D eigenvalue weighted by Gasteiger charge is -2.28. The van der Waals surface area contributed by atoms with E-state index in [1.165, 1.54) is 37.2 Å². The van der Waals surface area contributed by atoms with E-state index in [9.17, 15) is 0 Å². The number of hydrogen-bond acceptors (Lipinski definition) is 6. The molecule has 0 atom stereocenters. The van der Waals surface area contributed by atoms with Gasteiger partial charge in [0.1, 0.15) is 10.6 Å². The van der Waals surface area contributed by atoms with Crippen molar-refractivity contribution in [2.45, 2.75) is 25.8 Å². The Bertz CT molecular complexity index is 680. The highest BCUT2D eigenvalue weighted by molar-refractivity contribution is 7.18. The summed E-state index contributed by atoms with van der Waals surface area (Å²) in [6.45, 7) is 6.64. The van der Waals surface area contributed by atoms with Crippen LogP contribution in [0.25, 0.3) is 10.2 Å². The number of piperidine rings is 1. The third kappa shape index (κ3) is 3.45. The molecule has 0 aliphatic carbocycles. The van der Waals surface area contributed by atoms with Gasteiger partial charge in [0.25, 0.3) is 0 Å². The van der Waals surface area contributed by atoms with Crippen molar-refractivity contribution in [2.24, 2.45) is 0 Å². The van der Waals surface area contributed by atoms with Crippen LogP contribution in [-0.2, 0) is 11.3 Å². The summed E-state index contributed by atoms with van der Waals surface area (Å²) in [5.41, 5.74) is 0. The van der Waals surface area contributed by atoms with Gasteiger partial charge in [-0.05, 0) is 43.6 Å². The van der Waals surface area contributed by atoms with E-state index in [1.807, 2.05) is 0 Å². The van der Waals surface area contributed by atoms with Crippen LogP contribution in [0.1, 0.15) is 24.1 Å². The van der Waals surface area contributed by atoms with Gasteiger partial charge < -0.3 is 9.64 Å². The lowest BCUT2D eigenvalue weighted by Crippen LogP contribution is -2.36. The molecule has 0 radical (unpaired) electrons. The van der Waals surface area contributed by atoms with Crippen molar-refractivity contribution in [3.05, 3.63) is 16.2 Å². The number of likely N-dealkylation sites (tertiary alicyclic amines) is 1. The highest BCUT2D eigenvalue weighted by Gasteiger charge is 2.20. The van der Waals surface area contributed by atoms with Crippen molar-refractivity contribution in [1.29, 1.82) is 0 Å². The van der Waals surface area contributed by atoms with E-state index in [4.69, 9.17) is 16.3 Å². The van der Waals surface area contributed by atoms with Crippen molar-refractivity contribution in [3.63, 3.8) is 0 Å². The Kier molecular flexibility index (Phi) is 4.66. The summed E-state index contributed by atoms with van der Waals surface area (Å²) in [4.78, 5) is 16.1. The fourth-order valence-electron chi connectivity index (χ4n) is 3.36. The zero-order chi connectivity index (χ0) is 15.6. The van der Waals surface area contributed by atoms with Crippen LogP contribution in [0.2, 0.25) is 5.28 Å². The number of aromatic nitrogens is 2. The molecule has 0 N–H and O–H groups in total. The molecule has 2 aromatic heterocycles. The molecular formula is C16H21ClN4OS. The number of ether oxygens (including phenoxy) is 1. The van der Waals surface area contributed by atoms with Crippen molar-refractivity contribution < 1.29 is 4.74 Å². The van der Waals surface area contributed by atoms with Crippen molar-refractivity contribution in [2.75, 3.05) is 44.3 Å². The van der Waals surface area contributed by atoms with Crippen LogP contribution in [0.3, 0.4) is 0 Å². The smallest absolute Gasteiger partial charge is 0.225 e. The lowest BCUT2D eigenvalue weighted by atomic mass is 10.1. The van der Waals surface area contributed by atoms with Crippen LogP contribution < -0.4 is 4.90 Å². The van der Waals surface area contributed by atoms with Gasteiger partial charge >= 0.3 is 0 Å². The van der Waals surface area contributed by atoms with E-state index < -0.39 is 0 Å². The third-order valence-corrected chi connectivity index (χ3v) is 5.72. The minimum absolute atomic E-state index is 0.338. The Morgan fingerprint density at radius 1 is 1.09 bits per heavy atom. The highest BCUT2D eigenvalue weighted by Crippen LogP contribution is 2.33. The van der Waals surface area contributed by atoms with Gasteiger partial charge in [-0.25, -0.2) is 4.98 Å². The first-order valence-corrected chi connectivity index (χ1v) is 9.50. The largest absolute Gasteiger partial charge is 0.378 e. The SMILES string of the molecule is Clc1nc(N2CCOCC2)c2cc(CN3CCCCC3)sc2n1. The second-order valence-electron chi connectivity index (χ2n) is 6.18. The van der Waals surface area contributed by atoms with Crippen LogP contribution in [0.4, 0.5) is 5.82 Å². The molecule has 0 saturated carbocycles. The minimum Gasteiger partial charge on any atom is -0.378 e. The van der Waals surface area contributed by atoms with Gasteiger partial charge in [-0.2, -0.15) is 4.98 Å². The van der Waals surface area contributed by atoms with Gasteiger partial charge in [0.15, 0.2) is 0 Å². The molecule has 23 heavy (non-hydrogen) atoms. The van der Waals surface area contributed by atoms with Gasteiger partial charge in [-0.15, -0.1) is 11.3 Å². The Hall–Kier alpha value is -0.950. The average Bonchev–Trinajstić information content (AvgIpc) is 2.98. The molecule has 2 aliphatic heterocycles. The molecule has 2 saturated heterocycles. The Morgan fingerprint density at radius 2 is 1.87 bits per heavy atom. The lowest BCUT2D eigenvalue weighted by molar-refractivity contribution is 0.122. The summed E-state index contributed by atoms with van der Waals surface area (Å²) in [5, 5.41) is 1.47. The number of rotatable bonds is 3. The number of anilines is 1. The fraction of sp³-hybridized carbons (Fsp3) is 0.625. The number of nitrogens with zero attached hydrogens (tertiary/aromatic N) is 4. The predicted octanol–water partition coefficient (Wildman–Crippen LogP) is 3.17. The summed E-state index contributed by atoms with van der Waals surface area (Å²) in [6, 6.07) is 2.26. The standard InChI is InChI=1S/C16H21ClN4OS/c17-16-18-14(21-6-8-22-9-7-21)13-10-12(23-15(13)19-16)11-20-4-2-1-3-5-20/h10H,1-9,11H2. The van der Waals surface area contributed by atoms with Crippen LogP contribution in [-0.4, -0.2) is 54.3 Å². The van der Waals surface area contributed by atoms with E-state index >= 15 is 0 Å². The minimum atomic E-state index is 0.338. The van der Waals surface area contributed by atoms with Crippen LogP contribution in [0.5, 0.6) is 0 Å². The Labute approximate surface area is 145 Å². The molecule has 2 aliphatic rings. The molecule has 2 aromatic rings. The van der Waals surface area contributed by atoms with Gasteiger partial charge in [0, 0.05) is 24.5 Å². The predicted molar refractivity (Wildman–Crippen MR) is 94.6 cm³/mol. The monoisotopic (exact) mass is 352 g/mol. The van der Waals surface area contributed by atoms with E-state index in [0.29, 0.717) is 5.28 Å². The summed E-state index contributed by atoms with van der Waals surface area (Å²) in [7, 11) is 0. The first-order chi connectivity index (χ1) is 11.3. The zero-order valence-electron chi connectivity index (χ0n) is 13.1. The summed E-state index contributed by atoms with van der Waals surface area (Å²) >= 11 is 7.91. The van der Waals surface area contributed by atoms with E-state index in [-0.39, 0.29) is 0 Å². The van der Waals surface area contributed by atoms with Gasteiger partial charge in [-0.1, -0.05) is 6.42 Å². The number of halogens is 1. The summed E-state index contributed by atoms with van der Waals surface area (Å²) in [6.07, 6.45) is 4.00. The molecule has 0 aromatic carbocycles. The van der Waals surface area contributed by atoms with Gasteiger partial charge in [0.05, 0.1) is 18.6 Å². The number of morpholine rings is 1. The molecule has 4 rings (SSSR count). The molecule has 4 heterocycles. The number of fused-ring (bicyclic) bond motifs is 1. The molecule has 0 bridgehead atoms. The highest BCUT2D eigenvalue weighted by atomic mass is 35.5. The van der Waals surface area contributed by atoms with E-state index in [0.717, 1.165) is 48.9 Å². The first kappa shape index (κ1) is 15.6. The molecule has 124 valence electrons. The zero-order valence-corrected chi connectivity index (χ0v) is 14.7. The van der Waals surface area contributed by atoms with Crippen molar-refractivity contribution in [3.8, 4) is 0 Å². The normalized spacial score (nSPS) is 20.3. The number of thiophene rings is 1. The average molecular weight is 353 g/mol. The molecule has 5 nitrogen and oxygen atoms in total. The quantitative estimate of drug-likeness (QED) is 0.794. The van der Waals surface area contributed by atoms with Gasteiger partial charge in [-0.3, -0.25) is 4.90 Å². The van der Waals surface area contributed by atoms with Crippen LogP contribution >= 0.6 is 22.9 Å². The van der Waals surface area contributed by atoms with E-state index in [2.05, 4.69) is 25.8 Å². The second kappa shape index (κ2) is 6.89. The molecule has 0 unspecified atom stereocenters. The van der Waals surface area contributed by atoms with Crippen LogP contribution in [0.15, 0.2) is 6.07 Å². The Balaban J connectivity index is 1.63. The van der Waals surface area contributed by atoms with E-state index in [1.54, 1.807) is 11.3 Å². The second-order valence-corrected chi connectivity index (χ2v) is 7.64. The van der Waals surface area contributed by atoms with Crippen molar-refractivity contribution in [1.82, 2.24) is 14.9 Å². The van der Waals surface area contributed by atoms with Gasteiger partial charge in [0.2, 0.25) is 5.28 Å². The maximum absolute atomic E-state index is 6.16. The topological polar surface area (TPSA) is 41.5 Å². The number of hydrogen-bond donors (Lipinski definition) is 0. The molecular weight excluding hydrogens is 332 g/mol. The molecule has 0 spiro atoms. The first-order valence-electron chi connectivity index (χ1n) is 8.30. The van der Waals surface area contributed by atoms with Crippen molar-refractivity contribution >= 4 is 39.0 Å². The summed E-state index contributed by atoms with van der Waals surface area (Å²) in [5.74, 6) is 0.962. The maximum Gasteiger partial charge on any atom is 0.225 e. The molecule has 7 heteroatoms. The Morgan fingerprint density at radius 3 is 2.65 bits per heavy atom. The van der Waals surface area contributed by atoms with Crippen LogP contribution in [0, 0.1) is 0 Å². The molecule has 0 amide bonds.